The summed E-state index contributed by atoms with van der Waals surface area (Å²) < 4.78 is 13.7. The van der Waals surface area contributed by atoms with Crippen molar-refractivity contribution < 1.29 is 9.50 Å². The lowest BCUT2D eigenvalue weighted by Crippen LogP contribution is -2.48. The number of aliphatic hydroxyl groups is 1. The van der Waals surface area contributed by atoms with Crippen molar-refractivity contribution in [3.63, 3.8) is 0 Å². The first kappa shape index (κ1) is 25.3. The summed E-state index contributed by atoms with van der Waals surface area (Å²) in [4.78, 5) is 7.76. The molecule has 0 bridgehead atoms. The molecule has 166 valence electrons. The van der Waals surface area contributed by atoms with E-state index in [1.54, 1.807) is 6.07 Å². The van der Waals surface area contributed by atoms with E-state index in [0.717, 1.165) is 55.4 Å². The van der Waals surface area contributed by atoms with Crippen LogP contribution in [0.4, 0.5) is 4.39 Å². The average molecular weight is 567 g/mol. The Labute approximate surface area is 203 Å². The highest BCUT2D eigenvalue weighted by Crippen LogP contribution is 2.27. The van der Waals surface area contributed by atoms with Crippen LogP contribution < -0.4 is 10.6 Å². The van der Waals surface area contributed by atoms with E-state index in [4.69, 9.17) is 11.6 Å². The molecule has 1 fully saturated rings. The standard InChI is InChI=1S/C21H28ClFN4OS.HI/c1-2-24-21(25-13-18(28)19-7-8-20(22)29-19)26-17-9-11-27(12-10-17)14-15-3-5-16(23)6-4-15;/h3-8,17-18,28H,2,9-14H2,1H3,(H2,24,25,26);1H. The number of benzene rings is 1. The molecule has 1 atom stereocenters. The Balaban J connectivity index is 0.00000320. The third-order valence-corrected chi connectivity index (χ3v) is 6.27. The molecule has 1 aliphatic rings. The minimum atomic E-state index is -0.652. The molecule has 3 rings (SSSR count). The highest BCUT2D eigenvalue weighted by Gasteiger charge is 2.20. The summed E-state index contributed by atoms with van der Waals surface area (Å²) in [6, 6.07) is 10.7. The summed E-state index contributed by atoms with van der Waals surface area (Å²) in [5.74, 6) is 0.533. The maximum atomic E-state index is 13.1. The number of likely N-dealkylation sites (tertiary alicyclic amines) is 1. The third-order valence-electron chi connectivity index (χ3n) is 4.94. The molecule has 1 aromatic heterocycles. The second-order valence-corrected chi connectivity index (χ2v) is 8.95. The number of halogens is 3. The number of rotatable bonds is 7. The molecule has 0 radical (unpaired) electrons. The Kier molecular flexibility index (Phi) is 10.8. The van der Waals surface area contributed by atoms with Gasteiger partial charge in [0.1, 0.15) is 11.9 Å². The van der Waals surface area contributed by atoms with Crippen molar-refractivity contribution in [2.75, 3.05) is 26.2 Å². The van der Waals surface area contributed by atoms with E-state index in [0.29, 0.717) is 10.4 Å². The second-order valence-electron chi connectivity index (χ2n) is 7.20. The number of nitrogens with zero attached hydrogens (tertiary/aromatic N) is 2. The summed E-state index contributed by atoms with van der Waals surface area (Å²) >= 11 is 7.32. The zero-order valence-corrected chi connectivity index (χ0v) is 20.9. The van der Waals surface area contributed by atoms with Crippen LogP contribution in [0.2, 0.25) is 4.34 Å². The molecule has 2 heterocycles. The van der Waals surface area contributed by atoms with E-state index in [2.05, 4.69) is 20.5 Å². The van der Waals surface area contributed by atoms with Gasteiger partial charge in [0, 0.05) is 37.1 Å². The normalized spacial score (nSPS) is 16.7. The monoisotopic (exact) mass is 566 g/mol. The minimum Gasteiger partial charge on any atom is -0.386 e. The van der Waals surface area contributed by atoms with Gasteiger partial charge >= 0.3 is 0 Å². The maximum Gasteiger partial charge on any atom is 0.191 e. The number of hydrogen-bond acceptors (Lipinski definition) is 4. The number of aliphatic hydroxyl groups excluding tert-OH is 1. The molecule has 1 saturated heterocycles. The lowest BCUT2D eigenvalue weighted by Gasteiger charge is -2.33. The van der Waals surface area contributed by atoms with E-state index in [-0.39, 0.29) is 36.3 Å². The van der Waals surface area contributed by atoms with Gasteiger partial charge in [-0.2, -0.15) is 0 Å². The summed E-state index contributed by atoms with van der Waals surface area (Å²) in [6.45, 7) is 5.87. The molecule has 0 amide bonds. The minimum absolute atomic E-state index is 0. The largest absolute Gasteiger partial charge is 0.386 e. The number of nitrogens with one attached hydrogen (secondary N) is 2. The van der Waals surface area contributed by atoms with Gasteiger partial charge in [-0.3, -0.25) is 9.89 Å². The Morgan fingerprint density at radius 1 is 1.27 bits per heavy atom. The summed E-state index contributed by atoms with van der Waals surface area (Å²) in [5, 5.41) is 17.1. The summed E-state index contributed by atoms with van der Waals surface area (Å²) in [6.07, 6.45) is 1.36. The quantitative estimate of drug-likeness (QED) is 0.264. The SMILES string of the molecule is CCNC(=NCC(O)c1ccc(Cl)s1)NC1CCN(Cc2ccc(F)cc2)CC1.I. The van der Waals surface area contributed by atoms with Crippen molar-refractivity contribution in [2.24, 2.45) is 4.99 Å². The number of guanidine groups is 1. The number of thiophene rings is 1. The maximum absolute atomic E-state index is 13.1. The Bertz CT molecular complexity index is 797. The molecule has 1 aromatic carbocycles. The molecule has 2 aromatic rings. The van der Waals surface area contributed by atoms with Gasteiger partial charge in [0.05, 0.1) is 10.9 Å². The number of aliphatic imine (C=N–C) groups is 1. The highest BCUT2D eigenvalue weighted by atomic mass is 127. The first-order valence-corrected chi connectivity index (χ1v) is 11.2. The van der Waals surface area contributed by atoms with Gasteiger partial charge in [-0.05, 0) is 49.6 Å². The van der Waals surface area contributed by atoms with Crippen LogP contribution in [0.15, 0.2) is 41.4 Å². The van der Waals surface area contributed by atoms with E-state index in [1.165, 1.54) is 23.5 Å². The fourth-order valence-corrected chi connectivity index (χ4v) is 4.41. The first-order valence-electron chi connectivity index (χ1n) is 9.98. The number of hydrogen-bond donors (Lipinski definition) is 3. The van der Waals surface area contributed by atoms with Crippen LogP contribution in [0, 0.1) is 5.82 Å². The summed E-state index contributed by atoms with van der Waals surface area (Å²) in [7, 11) is 0. The zero-order chi connectivity index (χ0) is 20.6. The zero-order valence-electron chi connectivity index (χ0n) is 17.0. The van der Waals surface area contributed by atoms with E-state index in [1.807, 2.05) is 25.1 Å². The van der Waals surface area contributed by atoms with Gasteiger partial charge in [-0.15, -0.1) is 35.3 Å². The lowest BCUT2D eigenvalue weighted by atomic mass is 10.0. The fourth-order valence-electron chi connectivity index (χ4n) is 3.37. The Morgan fingerprint density at radius 2 is 1.97 bits per heavy atom. The van der Waals surface area contributed by atoms with E-state index in [9.17, 15) is 9.50 Å². The van der Waals surface area contributed by atoms with Gasteiger partial charge in [0.25, 0.3) is 0 Å². The van der Waals surface area contributed by atoms with Crippen LogP contribution >= 0.6 is 46.9 Å². The summed E-state index contributed by atoms with van der Waals surface area (Å²) in [5.41, 5.74) is 1.13. The Hall–Kier alpha value is -0.940. The van der Waals surface area contributed by atoms with Crippen LogP contribution in [0.5, 0.6) is 0 Å². The van der Waals surface area contributed by atoms with Crippen molar-refractivity contribution in [1.82, 2.24) is 15.5 Å². The lowest BCUT2D eigenvalue weighted by molar-refractivity contribution is 0.190. The van der Waals surface area contributed by atoms with Crippen LogP contribution in [0.3, 0.4) is 0 Å². The van der Waals surface area contributed by atoms with Gasteiger partial charge < -0.3 is 15.7 Å². The van der Waals surface area contributed by atoms with Crippen molar-refractivity contribution in [1.29, 1.82) is 0 Å². The second kappa shape index (κ2) is 12.8. The van der Waals surface area contributed by atoms with Gasteiger partial charge in [0.2, 0.25) is 0 Å². The van der Waals surface area contributed by atoms with Gasteiger partial charge in [0.15, 0.2) is 5.96 Å². The third kappa shape index (κ3) is 7.96. The topological polar surface area (TPSA) is 59.9 Å². The molecular weight excluding hydrogens is 538 g/mol. The Morgan fingerprint density at radius 3 is 2.57 bits per heavy atom. The van der Waals surface area contributed by atoms with E-state index < -0.39 is 6.10 Å². The van der Waals surface area contributed by atoms with Gasteiger partial charge in [-0.25, -0.2) is 4.39 Å². The van der Waals surface area contributed by atoms with Crippen molar-refractivity contribution in [3.8, 4) is 0 Å². The predicted octanol–water partition coefficient (Wildman–Crippen LogP) is 4.41. The number of piperidine rings is 1. The molecular formula is C21H29ClFIN4OS. The molecule has 1 aliphatic heterocycles. The molecule has 0 aliphatic carbocycles. The van der Waals surface area contributed by atoms with Crippen LogP contribution in [0.25, 0.3) is 0 Å². The van der Waals surface area contributed by atoms with Crippen molar-refractivity contribution >= 4 is 52.9 Å². The first-order chi connectivity index (χ1) is 14.0. The molecule has 9 heteroatoms. The smallest absolute Gasteiger partial charge is 0.191 e. The van der Waals surface area contributed by atoms with Crippen LogP contribution in [-0.4, -0.2) is 48.2 Å². The fraction of sp³-hybridized carbons (Fsp3) is 0.476. The molecule has 3 N–H and O–H groups in total. The molecule has 1 unspecified atom stereocenters. The molecule has 0 saturated carbocycles. The molecule has 0 spiro atoms. The van der Waals surface area contributed by atoms with Crippen LogP contribution in [0.1, 0.15) is 36.3 Å². The average Bonchev–Trinajstić information content (AvgIpc) is 3.16. The van der Waals surface area contributed by atoms with E-state index >= 15 is 0 Å². The van der Waals surface area contributed by atoms with Crippen LogP contribution in [-0.2, 0) is 6.54 Å². The van der Waals surface area contributed by atoms with Crippen molar-refractivity contribution in [3.05, 3.63) is 57.0 Å². The van der Waals surface area contributed by atoms with Crippen molar-refractivity contribution in [2.45, 2.75) is 38.5 Å². The highest BCUT2D eigenvalue weighted by molar-refractivity contribution is 14.0. The molecule has 5 nitrogen and oxygen atoms in total. The van der Waals surface area contributed by atoms with Gasteiger partial charge in [-0.1, -0.05) is 23.7 Å². The predicted molar refractivity (Wildman–Crippen MR) is 134 cm³/mol. The molecule has 30 heavy (non-hydrogen) atoms.